The fourth-order valence-corrected chi connectivity index (χ4v) is 6.76. The van der Waals surface area contributed by atoms with Gasteiger partial charge in [-0.15, -0.1) is 0 Å². The molecule has 0 aliphatic rings. The first-order valence-electron chi connectivity index (χ1n) is 14.8. The van der Waals surface area contributed by atoms with Crippen molar-refractivity contribution in [3.8, 4) is 33.4 Å². The number of fused-ring (bicyclic) bond motifs is 7. The van der Waals surface area contributed by atoms with E-state index < -0.39 is 0 Å². The second kappa shape index (κ2) is 9.44. The van der Waals surface area contributed by atoms with Gasteiger partial charge in [-0.1, -0.05) is 121 Å². The third-order valence-corrected chi connectivity index (χ3v) is 8.83. The predicted octanol–water partition coefficient (Wildman–Crippen LogP) is 12.0. The molecule has 0 unspecified atom stereocenters. The summed E-state index contributed by atoms with van der Waals surface area (Å²) in [5.41, 5.74) is 9.21. The lowest BCUT2D eigenvalue weighted by atomic mass is 9.89. The highest BCUT2D eigenvalue weighted by atomic mass is 16.3. The number of hydrogen-bond donors (Lipinski definition) is 0. The molecule has 200 valence electrons. The third kappa shape index (κ3) is 3.86. The van der Waals surface area contributed by atoms with Crippen molar-refractivity contribution in [1.29, 1.82) is 0 Å². The van der Waals surface area contributed by atoms with E-state index in [0.717, 1.165) is 16.6 Å². The van der Waals surface area contributed by atoms with Gasteiger partial charge in [0.05, 0.1) is 0 Å². The maximum Gasteiger partial charge on any atom is 0.136 e. The number of benzene rings is 8. The zero-order valence-electron chi connectivity index (χ0n) is 23.4. The summed E-state index contributed by atoms with van der Waals surface area (Å²) in [7, 11) is 0. The van der Waals surface area contributed by atoms with E-state index in [1.807, 2.05) is 12.1 Å². The Morgan fingerprint density at radius 2 is 0.884 bits per heavy atom. The van der Waals surface area contributed by atoms with E-state index in [1.54, 1.807) is 0 Å². The van der Waals surface area contributed by atoms with Gasteiger partial charge in [0.15, 0.2) is 0 Å². The van der Waals surface area contributed by atoms with Crippen LogP contribution >= 0.6 is 0 Å². The van der Waals surface area contributed by atoms with E-state index in [4.69, 9.17) is 4.42 Å². The lowest BCUT2D eigenvalue weighted by Gasteiger charge is -2.14. The Hall–Kier alpha value is -5.66. The first-order valence-corrected chi connectivity index (χ1v) is 14.8. The van der Waals surface area contributed by atoms with Crippen molar-refractivity contribution in [2.45, 2.75) is 0 Å². The van der Waals surface area contributed by atoms with Crippen LogP contribution < -0.4 is 0 Å². The molecule has 0 amide bonds. The summed E-state index contributed by atoms with van der Waals surface area (Å²) in [6.45, 7) is 0. The average molecular weight is 547 g/mol. The fourth-order valence-electron chi connectivity index (χ4n) is 6.76. The van der Waals surface area contributed by atoms with Gasteiger partial charge in [-0.3, -0.25) is 0 Å². The van der Waals surface area contributed by atoms with E-state index in [9.17, 15) is 0 Å². The van der Waals surface area contributed by atoms with Gasteiger partial charge < -0.3 is 4.42 Å². The van der Waals surface area contributed by atoms with Crippen LogP contribution in [0.1, 0.15) is 0 Å². The fraction of sp³-hybridized carbons (Fsp3) is 0. The number of para-hydroxylation sites is 1. The molecule has 43 heavy (non-hydrogen) atoms. The van der Waals surface area contributed by atoms with Gasteiger partial charge in [-0.05, 0) is 102 Å². The maximum absolute atomic E-state index is 6.17. The van der Waals surface area contributed by atoms with Crippen molar-refractivity contribution < 1.29 is 4.42 Å². The Morgan fingerprint density at radius 1 is 0.302 bits per heavy atom. The molecule has 0 N–H and O–H groups in total. The highest BCUT2D eigenvalue weighted by Gasteiger charge is 2.14. The van der Waals surface area contributed by atoms with Crippen molar-refractivity contribution in [1.82, 2.24) is 0 Å². The van der Waals surface area contributed by atoms with E-state index in [1.165, 1.54) is 71.1 Å². The molecule has 1 nitrogen and oxygen atoms in total. The minimum Gasteiger partial charge on any atom is -0.456 e. The third-order valence-electron chi connectivity index (χ3n) is 8.83. The maximum atomic E-state index is 6.17. The van der Waals surface area contributed by atoms with Crippen molar-refractivity contribution in [3.63, 3.8) is 0 Å². The molecule has 0 saturated heterocycles. The van der Waals surface area contributed by atoms with Crippen LogP contribution in [0.3, 0.4) is 0 Å². The SMILES string of the molecule is c1ccc(-c2cc3ccccc3cc2-c2ccc3c(ccc4cc(-c5cccc6oc7ccccc7c56)ccc43)c2)cc1. The molecule has 0 aliphatic heterocycles. The van der Waals surface area contributed by atoms with Gasteiger partial charge in [0.1, 0.15) is 11.2 Å². The zero-order valence-corrected chi connectivity index (χ0v) is 23.4. The largest absolute Gasteiger partial charge is 0.456 e. The number of furan rings is 1. The zero-order chi connectivity index (χ0) is 28.3. The van der Waals surface area contributed by atoms with Gasteiger partial charge in [-0.25, -0.2) is 0 Å². The van der Waals surface area contributed by atoms with Crippen LogP contribution in [0.4, 0.5) is 0 Å². The van der Waals surface area contributed by atoms with Crippen LogP contribution in [0.5, 0.6) is 0 Å². The summed E-state index contributed by atoms with van der Waals surface area (Å²) in [4.78, 5) is 0. The second-order valence-electron chi connectivity index (χ2n) is 11.3. The standard InChI is InChI=1S/C42H26O/c1-2-9-27(10-3-1)38-25-28-11-4-5-12-29(28)26-39(38)33-20-22-35-31(24-33)18-17-30-23-32(19-21-34(30)35)36-14-8-16-41-42(36)37-13-6-7-15-40(37)43-41/h1-26H. The molecule has 0 fully saturated rings. The van der Waals surface area contributed by atoms with Crippen molar-refractivity contribution in [2.75, 3.05) is 0 Å². The van der Waals surface area contributed by atoms with Crippen LogP contribution in [0.25, 0.3) is 87.6 Å². The molecular formula is C42H26O. The summed E-state index contributed by atoms with van der Waals surface area (Å²) in [6, 6.07) is 56.9. The Balaban J connectivity index is 1.20. The quantitative estimate of drug-likeness (QED) is 0.201. The minimum atomic E-state index is 0.924. The van der Waals surface area contributed by atoms with Crippen LogP contribution in [0.15, 0.2) is 162 Å². The summed E-state index contributed by atoms with van der Waals surface area (Å²) >= 11 is 0. The van der Waals surface area contributed by atoms with Crippen molar-refractivity contribution >= 4 is 54.3 Å². The van der Waals surface area contributed by atoms with Gasteiger partial charge in [0.2, 0.25) is 0 Å². The molecule has 9 rings (SSSR count). The van der Waals surface area contributed by atoms with Crippen molar-refractivity contribution in [2.24, 2.45) is 0 Å². The Labute approximate surface area is 249 Å². The molecule has 9 aromatic rings. The molecule has 0 saturated carbocycles. The molecule has 1 heteroatoms. The van der Waals surface area contributed by atoms with Crippen LogP contribution in [0, 0.1) is 0 Å². The second-order valence-corrected chi connectivity index (χ2v) is 11.3. The van der Waals surface area contributed by atoms with E-state index in [-0.39, 0.29) is 0 Å². The topological polar surface area (TPSA) is 13.1 Å². The molecule has 1 aromatic heterocycles. The van der Waals surface area contributed by atoms with Gasteiger partial charge >= 0.3 is 0 Å². The monoisotopic (exact) mass is 546 g/mol. The molecule has 0 spiro atoms. The Bertz CT molecular complexity index is 2500. The Kier molecular flexibility index (Phi) is 5.27. The molecule has 0 atom stereocenters. The average Bonchev–Trinajstić information content (AvgIpc) is 3.46. The minimum absolute atomic E-state index is 0.924. The summed E-state index contributed by atoms with van der Waals surface area (Å²) < 4.78 is 6.17. The predicted molar refractivity (Wildman–Crippen MR) is 183 cm³/mol. The summed E-state index contributed by atoms with van der Waals surface area (Å²) in [5.74, 6) is 0. The van der Waals surface area contributed by atoms with E-state index in [0.29, 0.717) is 0 Å². The summed E-state index contributed by atoms with van der Waals surface area (Å²) in [5, 5.41) is 9.84. The van der Waals surface area contributed by atoms with Gasteiger partial charge in [-0.2, -0.15) is 0 Å². The van der Waals surface area contributed by atoms with Gasteiger partial charge in [0, 0.05) is 10.8 Å². The molecular weight excluding hydrogens is 520 g/mol. The summed E-state index contributed by atoms with van der Waals surface area (Å²) in [6.07, 6.45) is 0. The molecule has 0 bridgehead atoms. The number of hydrogen-bond acceptors (Lipinski definition) is 1. The first-order chi connectivity index (χ1) is 21.3. The highest BCUT2D eigenvalue weighted by molar-refractivity contribution is 6.14. The smallest absolute Gasteiger partial charge is 0.136 e. The molecule has 1 heterocycles. The molecule has 8 aromatic carbocycles. The van der Waals surface area contributed by atoms with E-state index >= 15 is 0 Å². The highest BCUT2D eigenvalue weighted by Crippen LogP contribution is 2.40. The van der Waals surface area contributed by atoms with Crippen molar-refractivity contribution in [3.05, 3.63) is 158 Å². The van der Waals surface area contributed by atoms with Crippen LogP contribution in [-0.4, -0.2) is 0 Å². The lowest BCUT2D eigenvalue weighted by molar-refractivity contribution is 0.669. The first kappa shape index (κ1) is 24.0. The number of rotatable bonds is 3. The van der Waals surface area contributed by atoms with E-state index in [2.05, 4.69) is 146 Å². The molecule has 0 aliphatic carbocycles. The Morgan fingerprint density at radius 3 is 1.60 bits per heavy atom. The van der Waals surface area contributed by atoms with Gasteiger partial charge in [0.25, 0.3) is 0 Å². The molecule has 0 radical (unpaired) electrons. The lowest BCUT2D eigenvalue weighted by Crippen LogP contribution is -1.88. The van der Waals surface area contributed by atoms with Crippen LogP contribution in [0.2, 0.25) is 0 Å². The van der Waals surface area contributed by atoms with Crippen LogP contribution in [-0.2, 0) is 0 Å². The normalized spacial score (nSPS) is 11.7.